The minimum atomic E-state index is 0.0993. The zero-order valence-electron chi connectivity index (χ0n) is 11.2. The van der Waals surface area contributed by atoms with Gasteiger partial charge < -0.3 is 10.5 Å². The largest absolute Gasteiger partial charge is 0.374 e. The average Bonchev–Trinajstić information content (AvgIpc) is 3.18. The summed E-state index contributed by atoms with van der Waals surface area (Å²) >= 11 is 0. The van der Waals surface area contributed by atoms with Crippen molar-refractivity contribution in [1.29, 1.82) is 0 Å². The molecule has 100 valence electrons. The Morgan fingerprint density at radius 1 is 1.50 bits per heavy atom. The predicted molar refractivity (Wildman–Crippen MR) is 69.2 cm³/mol. The lowest BCUT2D eigenvalue weighted by molar-refractivity contribution is -0.0714. The highest BCUT2D eigenvalue weighted by atomic mass is 16.5. The third-order valence-electron chi connectivity index (χ3n) is 4.23. The van der Waals surface area contributed by atoms with Crippen LogP contribution in [-0.4, -0.2) is 46.5 Å². The van der Waals surface area contributed by atoms with Crippen molar-refractivity contribution in [2.45, 2.75) is 38.0 Å². The van der Waals surface area contributed by atoms with Gasteiger partial charge in [0.1, 0.15) is 0 Å². The van der Waals surface area contributed by atoms with Gasteiger partial charge in [-0.3, -0.25) is 9.58 Å². The minimum Gasteiger partial charge on any atom is -0.374 e. The quantitative estimate of drug-likeness (QED) is 0.853. The second-order valence-corrected chi connectivity index (χ2v) is 5.37. The van der Waals surface area contributed by atoms with Crippen molar-refractivity contribution in [2.75, 3.05) is 19.7 Å². The molecule has 2 N–H and O–H groups in total. The first-order valence-corrected chi connectivity index (χ1v) is 6.78. The van der Waals surface area contributed by atoms with Crippen molar-refractivity contribution in [2.24, 2.45) is 12.8 Å². The van der Waals surface area contributed by atoms with Gasteiger partial charge in [-0.25, -0.2) is 0 Å². The van der Waals surface area contributed by atoms with E-state index in [1.807, 2.05) is 17.9 Å². The van der Waals surface area contributed by atoms with Crippen molar-refractivity contribution in [3.8, 4) is 0 Å². The van der Waals surface area contributed by atoms with Crippen molar-refractivity contribution in [3.63, 3.8) is 0 Å². The SMILES string of the molecule is Cc1c(C2C(CN)OCCN2C2CC2)cnn1C. The topological polar surface area (TPSA) is 56.3 Å². The summed E-state index contributed by atoms with van der Waals surface area (Å²) in [6, 6.07) is 1.01. The predicted octanol–water partition coefficient (Wildman–Crippen LogP) is 0.592. The smallest absolute Gasteiger partial charge is 0.0895 e. The van der Waals surface area contributed by atoms with E-state index in [0.717, 1.165) is 19.2 Å². The number of aromatic nitrogens is 2. The van der Waals surface area contributed by atoms with E-state index in [9.17, 15) is 0 Å². The standard InChI is InChI=1S/C13H22N4O/c1-9-11(8-15-16(9)2)13-12(7-14)18-6-5-17(13)10-3-4-10/h8,10,12-13H,3-7,14H2,1-2H3. The second-order valence-electron chi connectivity index (χ2n) is 5.37. The molecule has 0 bridgehead atoms. The maximum atomic E-state index is 5.89. The fraction of sp³-hybridized carbons (Fsp3) is 0.769. The average molecular weight is 250 g/mol. The van der Waals surface area contributed by atoms with Gasteiger partial charge in [0.15, 0.2) is 0 Å². The maximum Gasteiger partial charge on any atom is 0.0895 e. The van der Waals surface area contributed by atoms with E-state index >= 15 is 0 Å². The van der Waals surface area contributed by atoms with Crippen LogP contribution in [0.2, 0.25) is 0 Å². The van der Waals surface area contributed by atoms with Gasteiger partial charge >= 0.3 is 0 Å². The summed E-state index contributed by atoms with van der Waals surface area (Å²) < 4.78 is 7.80. The molecule has 0 aromatic carbocycles. The van der Waals surface area contributed by atoms with Crippen LogP contribution in [0.5, 0.6) is 0 Å². The fourth-order valence-corrected chi connectivity index (χ4v) is 2.95. The lowest BCUT2D eigenvalue weighted by Gasteiger charge is -2.41. The van der Waals surface area contributed by atoms with Crippen molar-refractivity contribution in [3.05, 3.63) is 17.5 Å². The molecular weight excluding hydrogens is 228 g/mol. The van der Waals surface area contributed by atoms with E-state index in [1.165, 1.54) is 24.1 Å². The first kappa shape index (κ1) is 12.1. The van der Waals surface area contributed by atoms with E-state index in [-0.39, 0.29) is 12.1 Å². The van der Waals surface area contributed by atoms with Gasteiger partial charge in [0.2, 0.25) is 0 Å². The molecular formula is C13H22N4O. The molecule has 1 aromatic rings. The molecule has 1 aliphatic heterocycles. The van der Waals surface area contributed by atoms with Crippen LogP contribution in [0.4, 0.5) is 0 Å². The third kappa shape index (κ3) is 1.96. The molecule has 0 amide bonds. The molecule has 3 rings (SSSR count). The summed E-state index contributed by atoms with van der Waals surface area (Å²) in [6.07, 6.45) is 4.70. The van der Waals surface area contributed by atoms with E-state index in [4.69, 9.17) is 10.5 Å². The van der Waals surface area contributed by atoms with Gasteiger partial charge in [0.05, 0.1) is 24.9 Å². The summed E-state index contributed by atoms with van der Waals surface area (Å²) in [7, 11) is 1.99. The van der Waals surface area contributed by atoms with Gasteiger partial charge in [0, 0.05) is 37.4 Å². The lowest BCUT2D eigenvalue weighted by Crippen LogP contribution is -2.49. The van der Waals surface area contributed by atoms with Crippen LogP contribution >= 0.6 is 0 Å². The molecule has 18 heavy (non-hydrogen) atoms. The number of morpholine rings is 1. The van der Waals surface area contributed by atoms with Crippen molar-refractivity contribution in [1.82, 2.24) is 14.7 Å². The summed E-state index contributed by atoms with van der Waals surface area (Å²) in [5, 5.41) is 4.37. The van der Waals surface area contributed by atoms with Crippen LogP contribution in [0.3, 0.4) is 0 Å². The number of nitrogens with two attached hydrogens (primary N) is 1. The molecule has 2 atom stereocenters. The van der Waals surface area contributed by atoms with Gasteiger partial charge in [-0.2, -0.15) is 5.10 Å². The van der Waals surface area contributed by atoms with Crippen molar-refractivity contribution < 1.29 is 4.74 Å². The molecule has 5 nitrogen and oxygen atoms in total. The Bertz CT molecular complexity index is 427. The summed E-state index contributed by atoms with van der Waals surface area (Å²) in [5.74, 6) is 0. The Kier molecular flexibility index (Phi) is 3.13. The van der Waals surface area contributed by atoms with Gasteiger partial charge in [-0.05, 0) is 19.8 Å². The van der Waals surface area contributed by atoms with Gasteiger partial charge in [0.25, 0.3) is 0 Å². The molecule has 0 radical (unpaired) electrons. The highest BCUT2D eigenvalue weighted by molar-refractivity contribution is 5.23. The number of ether oxygens (including phenoxy) is 1. The third-order valence-corrected chi connectivity index (χ3v) is 4.23. The molecule has 5 heteroatoms. The van der Waals surface area contributed by atoms with E-state index in [2.05, 4.69) is 16.9 Å². The summed E-state index contributed by atoms with van der Waals surface area (Å²) in [4.78, 5) is 2.57. The van der Waals surface area contributed by atoms with Crippen molar-refractivity contribution >= 4 is 0 Å². The number of nitrogens with zero attached hydrogens (tertiary/aromatic N) is 3. The van der Waals surface area contributed by atoms with Crippen LogP contribution in [-0.2, 0) is 11.8 Å². The summed E-state index contributed by atoms with van der Waals surface area (Å²) in [5.41, 5.74) is 8.39. The van der Waals surface area contributed by atoms with E-state index in [0.29, 0.717) is 6.54 Å². The molecule has 2 aliphatic rings. The first-order valence-electron chi connectivity index (χ1n) is 6.78. The molecule has 1 saturated heterocycles. The Balaban J connectivity index is 1.94. The molecule has 2 unspecified atom stereocenters. The molecule has 1 aliphatic carbocycles. The normalized spacial score (nSPS) is 29.7. The van der Waals surface area contributed by atoms with Crippen LogP contribution in [0.25, 0.3) is 0 Å². The van der Waals surface area contributed by atoms with Crippen LogP contribution < -0.4 is 5.73 Å². The van der Waals surface area contributed by atoms with Crippen LogP contribution in [0.15, 0.2) is 6.20 Å². The molecule has 1 saturated carbocycles. The zero-order chi connectivity index (χ0) is 12.7. The van der Waals surface area contributed by atoms with E-state index < -0.39 is 0 Å². The van der Waals surface area contributed by atoms with Gasteiger partial charge in [-0.1, -0.05) is 0 Å². The maximum absolute atomic E-state index is 5.89. The monoisotopic (exact) mass is 250 g/mol. The number of hydrogen-bond acceptors (Lipinski definition) is 4. The molecule has 2 heterocycles. The molecule has 0 spiro atoms. The first-order chi connectivity index (χ1) is 8.72. The number of rotatable bonds is 3. The second kappa shape index (κ2) is 4.64. The Morgan fingerprint density at radius 3 is 2.83 bits per heavy atom. The zero-order valence-corrected chi connectivity index (χ0v) is 11.2. The molecule has 1 aromatic heterocycles. The Labute approximate surface area is 108 Å². The molecule has 2 fully saturated rings. The van der Waals surface area contributed by atoms with E-state index in [1.54, 1.807) is 0 Å². The highest BCUT2D eigenvalue weighted by Crippen LogP contribution is 2.39. The Hall–Kier alpha value is -0.910. The minimum absolute atomic E-state index is 0.0993. The fourth-order valence-electron chi connectivity index (χ4n) is 2.95. The Morgan fingerprint density at radius 2 is 2.28 bits per heavy atom. The number of aryl methyl sites for hydroxylation is 1. The number of hydrogen-bond donors (Lipinski definition) is 1. The lowest BCUT2D eigenvalue weighted by atomic mass is 9.98. The van der Waals surface area contributed by atoms with Gasteiger partial charge in [-0.15, -0.1) is 0 Å². The van der Waals surface area contributed by atoms with Crippen LogP contribution in [0, 0.1) is 6.92 Å². The summed E-state index contributed by atoms with van der Waals surface area (Å²) in [6.45, 7) is 4.51. The van der Waals surface area contributed by atoms with Crippen LogP contribution in [0.1, 0.15) is 30.1 Å². The highest BCUT2D eigenvalue weighted by Gasteiger charge is 2.41.